The highest BCUT2D eigenvalue weighted by atomic mass is 19.1. The van der Waals surface area contributed by atoms with Crippen LogP contribution in [0.3, 0.4) is 0 Å². The largest absolute Gasteiger partial charge is 0.383 e. The van der Waals surface area contributed by atoms with Crippen LogP contribution in [0.1, 0.15) is 39.2 Å². The second kappa shape index (κ2) is 10.00. The van der Waals surface area contributed by atoms with E-state index in [4.69, 9.17) is 5.73 Å². The minimum atomic E-state index is -0.818. The molecule has 2 aromatic rings. The number of nitrogens with two attached hydrogens (primary N) is 1. The van der Waals surface area contributed by atoms with E-state index in [1.165, 1.54) is 10.6 Å². The van der Waals surface area contributed by atoms with Crippen LogP contribution in [-0.4, -0.2) is 22.0 Å². The lowest BCUT2D eigenvalue weighted by Gasteiger charge is -2.23. The smallest absolute Gasteiger partial charge is 0.330 e. The lowest BCUT2D eigenvalue weighted by molar-refractivity contribution is -0.114. The molecular weight excluding hydrogens is 394 g/mol. The molecule has 7 nitrogen and oxygen atoms in total. The Kier molecular flexibility index (Phi) is 7.68. The number of halogens is 2. The average Bonchev–Trinajstić information content (AvgIpc) is 2.66. The first-order valence-electron chi connectivity index (χ1n) is 9.73. The second-order valence-electron chi connectivity index (χ2n) is 7.31. The van der Waals surface area contributed by atoms with Crippen molar-refractivity contribution in [2.75, 3.05) is 17.2 Å². The molecule has 162 valence electrons. The fourth-order valence-corrected chi connectivity index (χ4v) is 2.95. The number of carbonyl (C=O) groups excluding carboxylic acids is 1. The van der Waals surface area contributed by atoms with Crippen LogP contribution in [-0.2, 0) is 11.3 Å². The Morgan fingerprint density at radius 2 is 1.90 bits per heavy atom. The Morgan fingerprint density at radius 1 is 1.27 bits per heavy atom. The minimum absolute atomic E-state index is 0.0625. The zero-order valence-electron chi connectivity index (χ0n) is 17.2. The van der Waals surface area contributed by atoms with Gasteiger partial charge in [-0.1, -0.05) is 33.3 Å². The van der Waals surface area contributed by atoms with Crippen LogP contribution in [0.2, 0.25) is 0 Å². The van der Waals surface area contributed by atoms with E-state index in [1.54, 1.807) is 0 Å². The van der Waals surface area contributed by atoms with Gasteiger partial charge < -0.3 is 10.6 Å². The van der Waals surface area contributed by atoms with Crippen molar-refractivity contribution >= 4 is 23.5 Å². The number of hydrogen-bond acceptors (Lipinski definition) is 4. The van der Waals surface area contributed by atoms with Gasteiger partial charge in [-0.25, -0.2) is 13.6 Å². The molecule has 0 saturated carbocycles. The number of anilines is 2. The molecule has 30 heavy (non-hydrogen) atoms. The third-order valence-electron chi connectivity index (χ3n) is 4.43. The molecule has 1 aromatic heterocycles. The van der Waals surface area contributed by atoms with E-state index in [0.717, 1.165) is 35.6 Å². The molecule has 0 aliphatic rings. The van der Waals surface area contributed by atoms with Gasteiger partial charge in [0.05, 0.1) is 0 Å². The van der Waals surface area contributed by atoms with Gasteiger partial charge in [0.2, 0.25) is 0 Å². The number of carbonyl (C=O) groups is 1. The monoisotopic (exact) mass is 420 g/mol. The van der Waals surface area contributed by atoms with Crippen molar-refractivity contribution < 1.29 is 13.6 Å². The van der Waals surface area contributed by atoms with E-state index in [2.05, 4.69) is 4.98 Å². The number of aromatic amines is 1. The van der Waals surface area contributed by atoms with Crippen molar-refractivity contribution in [3.8, 4) is 0 Å². The van der Waals surface area contributed by atoms with Gasteiger partial charge in [-0.15, -0.1) is 0 Å². The molecule has 0 spiro atoms. The topological polar surface area (TPSA) is 101 Å². The highest BCUT2D eigenvalue weighted by Crippen LogP contribution is 2.20. The van der Waals surface area contributed by atoms with Gasteiger partial charge in [0, 0.05) is 24.7 Å². The van der Waals surface area contributed by atoms with Gasteiger partial charge in [0.1, 0.15) is 17.5 Å². The summed E-state index contributed by atoms with van der Waals surface area (Å²) in [5, 5.41) is 0. The van der Waals surface area contributed by atoms with E-state index >= 15 is 0 Å². The summed E-state index contributed by atoms with van der Waals surface area (Å²) in [4.78, 5) is 40.9. The molecule has 0 atom stereocenters. The van der Waals surface area contributed by atoms with E-state index in [9.17, 15) is 23.2 Å². The number of amides is 1. The number of aromatic nitrogens is 2. The standard InChI is InChI=1S/C21H26F2N4O3/c1-4-5-11-26(17(28)10-9-14-15(22)7-6-8-16(14)23)18-19(24)27(12-13(2)3)21(30)25-20(18)29/h6-10,13H,4-5,11-12,24H2,1-3H3,(H,25,29,30)/b10-9+. The van der Waals surface area contributed by atoms with Gasteiger partial charge in [-0.2, -0.15) is 0 Å². The third kappa shape index (κ3) is 5.22. The maximum Gasteiger partial charge on any atom is 0.330 e. The van der Waals surface area contributed by atoms with E-state index < -0.39 is 28.8 Å². The fraction of sp³-hybridized carbons (Fsp3) is 0.381. The van der Waals surface area contributed by atoms with E-state index in [-0.39, 0.29) is 36.1 Å². The zero-order valence-corrected chi connectivity index (χ0v) is 17.2. The summed E-state index contributed by atoms with van der Waals surface area (Å²) in [6, 6.07) is 3.37. The van der Waals surface area contributed by atoms with E-state index in [1.807, 2.05) is 20.8 Å². The summed E-state index contributed by atoms with van der Waals surface area (Å²) < 4.78 is 28.9. The molecule has 1 heterocycles. The van der Waals surface area contributed by atoms with Crippen LogP contribution in [0.4, 0.5) is 20.3 Å². The van der Waals surface area contributed by atoms with Gasteiger partial charge in [-0.05, 0) is 30.5 Å². The Hall–Kier alpha value is -3.23. The van der Waals surface area contributed by atoms with Crippen LogP contribution < -0.4 is 21.9 Å². The lowest BCUT2D eigenvalue weighted by atomic mass is 10.1. The summed E-state index contributed by atoms with van der Waals surface area (Å²) in [6.45, 7) is 6.05. The zero-order chi connectivity index (χ0) is 22.4. The summed E-state index contributed by atoms with van der Waals surface area (Å²) in [7, 11) is 0. The van der Waals surface area contributed by atoms with Crippen molar-refractivity contribution in [1.29, 1.82) is 0 Å². The molecule has 0 aliphatic heterocycles. The maximum atomic E-state index is 13.8. The van der Waals surface area contributed by atoms with E-state index in [0.29, 0.717) is 6.42 Å². The molecule has 1 amide bonds. The van der Waals surface area contributed by atoms with Crippen molar-refractivity contribution in [1.82, 2.24) is 9.55 Å². The average molecular weight is 420 g/mol. The predicted molar refractivity (Wildman–Crippen MR) is 113 cm³/mol. The van der Waals surface area contributed by atoms with Crippen molar-refractivity contribution in [3.05, 3.63) is 62.3 Å². The second-order valence-corrected chi connectivity index (χ2v) is 7.31. The van der Waals surface area contributed by atoms with Crippen molar-refractivity contribution in [2.24, 2.45) is 5.92 Å². The Balaban J connectivity index is 2.52. The molecule has 0 radical (unpaired) electrons. The Morgan fingerprint density at radius 3 is 2.47 bits per heavy atom. The minimum Gasteiger partial charge on any atom is -0.383 e. The summed E-state index contributed by atoms with van der Waals surface area (Å²) >= 11 is 0. The van der Waals surface area contributed by atoms with Gasteiger partial charge in [-0.3, -0.25) is 19.1 Å². The number of H-pyrrole nitrogens is 1. The molecule has 0 bridgehead atoms. The lowest BCUT2D eigenvalue weighted by Crippen LogP contribution is -2.41. The van der Waals surface area contributed by atoms with Crippen LogP contribution in [0, 0.1) is 17.6 Å². The number of nitrogens with one attached hydrogen (secondary N) is 1. The highest BCUT2D eigenvalue weighted by molar-refractivity contribution is 6.05. The highest BCUT2D eigenvalue weighted by Gasteiger charge is 2.23. The van der Waals surface area contributed by atoms with Gasteiger partial charge in [0.15, 0.2) is 5.69 Å². The SMILES string of the molecule is CCCCN(C(=O)/C=C/c1c(F)cccc1F)c1c(N)n(CC(C)C)c(=O)[nH]c1=O. The number of nitrogens with zero attached hydrogens (tertiary/aromatic N) is 2. The fourth-order valence-electron chi connectivity index (χ4n) is 2.95. The van der Waals surface area contributed by atoms with Crippen LogP contribution in [0.5, 0.6) is 0 Å². The molecule has 2 rings (SSSR count). The van der Waals surface area contributed by atoms with Crippen LogP contribution in [0.25, 0.3) is 6.08 Å². The number of rotatable bonds is 8. The number of nitrogen functional groups attached to an aromatic ring is 1. The maximum absolute atomic E-state index is 13.8. The Labute approximate surface area is 172 Å². The summed E-state index contributed by atoms with van der Waals surface area (Å²) in [6.07, 6.45) is 3.27. The van der Waals surface area contributed by atoms with Crippen LogP contribution in [0.15, 0.2) is 33.9 Å². The summed E-state index contributed by atoms with van der Waals surface area (Å²) in [5.74, 6) is -2.39. The first-order chi connectivity index (χ1) is 14.2. The Bertz CT molecular complexity index is 1040. The normalized spacial score (nSPS) is 11.4. The molecule has 3 N–H and O–H groups in total. The van der Waals surface area contributed by atoms with Gasteiger partial charge in [0.25, 0.3) is 11.5 Å². The van der Waals surface area contributed by atoms with Crippen LogP contribution >= 0.6 is 0 Å². The first-order valence-corrected chi connectivity index (χ1v) is 9.73. The van der Waals surface area contributed by atoms with Gasteiger partial charge >= 0.3 is 5.69 Å². The third-order valence-corrected chi connectivity index (χ3v) is 4.43. The summed E-state index contributed by atoms with van der Waals surface area (Å²) in [5.41, 5.74) is 4.11. The van der Waals surface area contributed by atoms with Crippen molar-refractivity contribution in [2.45, 2.75) is 40.2 Å². The number of hydrogen-bond donors (Lipinski definition) is 2. The number of unbranched alkanes of at least 4 members (excludes halogenated alkanes) is 1. The molecule has 0 saturated heterocycles. The molecule has 1 aromatic carbocycles. The predicted octanol–water partition coefficient (Wildman–Crippen LogP) is 2.90. The molecule has 9 heteroatoms. The number of benzene rings is 1. The first kappa shape index (κ1) is 23.1. The van der Waals surface area contributed by atoms with Crippen molar-refractivity contribution in [3.63, 3.8) is 0 Å². The molecule has 0 aliphatic carbocycles. The quantitative estimate of drug-likeness (QED) is 0.641. The molecule has 0 unspecified atom stereocenters. The molecular formula is C21H26F2N4O3. The molecule has 0 fully saturated rings.